The maximum atomic E-state index is 13.1. The van der Waals surface area contributed by atoms with E-state index in [1.165, 1.54) is 308 Å². The summed E-state index contributed by atoms with van der Waals surface area (Å²) in [5.41, 5.74) is 0. The van der Waals surface area contributed by atoms with Crippen LogP contribution in [0.1, 0.15) is 477 Å². The van der Waals surface area contributed by atoms with Crippen molar-refractivity contribution in [2.45, 2.75) is 495 Å². The molecule has 0 heterocycles. The van der Waals surface area contributed by atoms with Crippen molar-refractivity contribution < 1.29 is 80.2 Å². The molecule has 19 heteroatoms. The molecule has 0 aliphatic rings. The predicted molar refractivity (Wildman–Crippen MR) is 437 cm³/mol. The van der Waals surface area contributed by atoms with Crippen molar-refractivity contribution in [3.8, 4) is 0 Å². The van der Waals surface area contributed by atoms with Gasteiger partial charge in [-0.25, -0.2) is 9.13 Å². The van der Waals surface area contributed by atoms with E-state index in [0.717, 1.165) is 89.9 Å². The fraction of sp³-hybridized carbons (Fsp3) is 0.954. The lowest BCUT2D eigenvalue weighted by Crippen LogP contribution is -2.30. The standard InChI is InChI=1S/C87H170O17P2/c1-5-9-13-17-21-25-28-31-34-37-39-41-43-45-48-50-53-56-60-64-68-72-85(90)98-78-83(104-87(92)74-70-66-62-58-55-52-49-46-44-42-40-38-35-32-29-26-22-18-14-10-6-2)80-102-106(95,96)100-76-81(88)75-99-105(93,94)101-79-82(77-97-84(89)71-67-63-59-24-20-16-12-8-4)103-86(91)73-69-65-61-57-54-51-47-36-33-30-27-23-19-15-11-7-3/h81-83,88H,5-80H2,1-4H3,(H,93,94)(H,95,96)/t81-,82+,83+/m0/s1. The van der Waals surface area contributed by atoms with Crippen molar-refractivity contribution in [2.75, 3.05) is 39.6 Å². The Morgan fingerprint density at radius 3 is 0.557 bits per heavy atom. The van der Waals surface area contributed by atoms with Gasteiger partial charge in [0.1, 0.15) is 19.3 Å². The maximum absolute atomic E-state index is 13.1. The number of ether oxygens (including phenoxy) is 4. The van der Waals surface area contributed by atoms with Crippen LogP contribution in [0, 0.1) is 0 Å². The highest BCUT2D eigenvalue weighted by Crippen LogP contribution is 2.45. The monoisotopic (exact) mass is 1550 g/mol. The number of phosphoric acid groups is 2. The van der Waals surface area contributed by atoms with Gasteiger partial charge in [-0.15, -0.1) is 0 Å². The minimum absolute atomic E-state index is 0.109. The van der Waals surface area contributed by atoms with E-state index in [0.29, 0.717) is 25.7 Å². The van der Waals surface area contributed by atoms with Crippen LogP contribution in [-0.2, 0) is 65.4 Å². The van der Waals surface area contributed by atoms with Gasteiger partial charge in [0.2, 0.25) is 0 Å². The van der Waals surface area contributed by atoms with E-state index < -0.39 is 97.5 Å². The highest BCUT2D eigenvalue weighted by Gasteiger charge is 2.30. The van der Waals surface area contributed by atoms with Crippen LogP contribution in [0.4, 0.5) is 0 Å². The van der Waals surface area contributed by atoms with Crippen LogP contribution in [-0.4, -0.2) is 96.7 Å². The summed E-state index contributed by atoms with van der Waals surface area (Å²) >= 11 is 0. The number of esters is 4. The molecule has 0 aromatic heterocycles. The van der Waals surface area contributed by atoms with Crippen molar-refractivity contribution >= 4 is 39.5 Å². The van der Waals surface area contributed by atoms with Gasteiger partial charge in [-0.05, 0) is 25.7 Å². The molecule has 0 radical (unpaired) electrons. The number of hydrogen-bond donors (Lipinski definition) is 3. The van der Waals surface area contributed by atoms with E-state index in [-0.39, 0.29) is 25.7 Å². The van der Waals surface area contributed by atoms with Gasteiger partial charge in [0.25, 0.3) is 0 Å². The normalized spacial score (nSPS) is 13.7. The molecule has 0 saturated heterocycles. The van der Waals surface area contributed by atoms with Crippen LogP contribution in [0.3, 0.4) is 0 Å². The van der Waals surface area contributed by atoms with E-state index in [1.807, 2.05) is 0 Å². The molecule has 0 amide bonds. The summed E-state index contributed by atoms with van der Waals surface area (Å²) in [6, 6.07) is 0. The topological polar surface area (TPSA) is 237 Å². The first-order chi connectivity index (χ1) is 51.7. The van der Waals surface area contributed by atoms with Crippen molar-refractivity contribution in [1.29, 1.82) is 0 Å². The molecular formula is C87H170O17P2. The first-order valence-electron chi connectivity index (χ1n) is 45.3. The molecule has 0 saturated carbocycles. The minimum atomic E-state index is -4.96. The molecule has 106 heavy (non-hydrogen) atoms. The first kappa shape index (κ1) is 104. The predicted octanol–water partition coefficient (Wildman–Crippen LogP) is 26.9. The average molecular weight is 1550 g/mol. The molecule has 0 aliphatic carbocycles. The summed E-state index contributed by atoms with van der Waals surface area (Å²) in [7, 11) is -9.92. The molecule has 0 fully saturated rings. The molecule has 2 unspecified atom stereocenters. The zero-order valence-electron chi connectivity index (χ0n) is 69.4. The molecular weight excluding hydrogens is 1380 g/mol. The molecule has 630 valence electrons. The maximum Gasteiger partial charge on any atom is 0.472 e. The summed E-state index contributed by atoms with van der Waals surface area (Å²) in [6.07, 6.45) is 76.6. The zero-order chi connectivity index (χ0) is 77.4. The second-order valence-electron chi connectivity index (χ2n) is 31.3. The van der Waals surface area contributed by atoms with Gasteiger partial charge < -0.3 is 33.8 Å². The summed E-state index contributed by atoms with van der Waals surface area (Å²) < 4.78 is 68.8. The number of unbranched alkanes of at least 4 members (excludes halogenated alkanes) is 62. The molecule has 0 rings (SSSR count). The summed E-state index contributed by atoms with van der Waals surface area (Å²) in [5.74, 6) is -2.10. The molecule has 0 aromatic carbocycles. The smallest absolute Gasteiger partial charge is 0.462 e. The molecule has 0 spiro atoms. The largest absolute Gasteiger partial charge is 0.472 e. The van der Waals surface area contributed by atoms with Crippen LogP contribution >= 0.6 is 15.6 Å². The Bertz CT molecular complexity index is 2000. The Hall–Kier alpha value is -1.94. The molecule has 17 nitrogen and oxygen atoms in total. The van der Waals surface area contributed by atoms with E-state index in [9.17, 15) is 43.2 Å². The Kier molecular flexibility index (Phi) is 79.6. The van der Waals surface area contributed by atoms with E-state index >= 15 is 0 Å². The van der Waals surface area contributed by atoms with Crippen LogP contribution < -0.4 is 0 Å². The minimum Gasteiger partial charge on any atom is -0.462 e. The summed E-state index contributed by atoms with van der Waals surface area (Å²) in [6.45, 7) is 5.03. The van der Waals surface area contributed by atoms with Gasteiger partial charge in [-0.3, -0.25) is 37.3 Å². The van der Waals surface area contributed by atoms with E-state index in [4.69, 9.17) is 37.0 Å². The quantitative estimate of drug-likeness (QED) is 0.0222. The third-order valence-corrected chi connectivity index (χ3v) is 22.5. The van der Waals surface area contributed by atoms with Crippen LogP contribution in [0.2, 0.25) is 0 Å². The average Bonchev–Trinajstić information content (AvgIpc) is 0.901. The SMILES string of the molecule is CCCCCCCCCCCCCCCCCCCCCCCC(=O)OC[C@H](COP(=O)(O)OC[C@@H](O)COP(=O)(O)OC[C@@H](COC(=O)CCCCCCCCCC)OC(=O)CCCCCCCCCCCCCCCCCC)OC(=O)CCCCCCCCCCCCCCCCCCCCCCC. The Morgan fingerprint density at radius 2 is 0.377 bits per heavy atom. The number of hydrogen-bond acceptors (Lipinski definition) is 15. The summed E-state index contributed by atoms with van der Waals surface area (Å²) in [5, 5.41) is 10.7. The lowest BCUT2D eigenvalue weighted by Gasteiger charge is -2.21. The third kappa shape index (κ3) is 80.1. The number of carbonyl (C=O) groups is 4. The zero-order valence-corrected chi connectivity index (χ0v) is 71.2. The van der Waals surface area contributed by atoms with Gasteiger partial charge in [-0.2, -0.15) is 0 Å². The lowest BCUT2D eigenvalue weighted by molar-refractivity contribution is -0.161. The van der Waals surface area contributed by atoms with Crippen LogP contribution in [0.5, 0.6) is 0 Å². The second-order valence-corrected chi connectivity index (χ2v) is 34.2. The molecule has 0 bridgehead atoms. The summed E-state index contributed by atoms with van der Waals surface area (Å²) in [4.78, 5) is 73.1. The van der Waals surface area contributed by atoms with Gasteiger partial charge in [-0.1, -0.05) is 426 Å². The van der Waals surface area contributed by atoms with Crippen molar-refractivity contribution in [1.82, 2.24) is 0 Å². The molecule has 3 N–H and O–H groups in total. The Labute approximate surface area is 651 Å². The van der Waals surface area contributed by atoms with Gasteiger partial charge in [0.15, 0.2) is 12.2 Å². The number of carbonyl (C=O) groups excluding carboxylic acids is 4. The lowest BCUT2D eigenvalue weighted by atomic mass is 10.0. The Balaban J connectivity index is 5.17. The van der Waals surface area contributed by atoms with Crippen molar-refractivity contribution in [2.24, 2.45) is 0 Å². The van der Waals surface area contributed by atoms with Crippen LogP contribution in [0.15, 0.2) is 0 Å². The van der Waals surface area contributed by atoms with Gasteiger partial charge >= 0.3 is 39.5 Å². The highest BCUT2D eigenvalue weighted by molar-refractivity contribution is 7.47. The van der Waals surface area contributed by atoms with Crippen LogP contribution in [0.25, 0.3) is 0 Å². The number of aliphatic hydroxyl groups is 1. The fourth-order valence-corrected chi connectivity index (χ4v) is 15.3. The first-order valence-corrected chi connectivity index (χ1v) is 48.3. The number of aliphatic hydroxyl groups excluding tert-OH is 1. The van der Waals surface area contributed by atoms with Gasteiger partial charge in [0, 0.05) is 25.7 Å². The second kappa shape index (κ2) is 81.1. The van der Waals surface area contributed by atoms with Crippen molar-refractivity contribution in [3.05, 3.63) is 0 Å². The fourth-order valence-electron chi connectivity index (χ4n) is 13.7. The molecule has 0 aliphatic heterocycles. The van der Waals surface area contributed by atoms with Crippen molar-refractivity contribution in [3.63, 3.8) is 0 Å². The van der Waals surface area contributed by atoms with E-state index in [1.54, 1.807) is 0 Å². The highest BCUT2D eigenvalue weighted by atomic mass is 31.2. The third-order valence-electron chi connectivity index (χ3n) is 20.6. The number of phosphoric ester groups is 2. The van der Waals surface area contributed by atoms with E-state index in [2.05, 4.69) is 27.7 Å². The Morgan fingerprint density at radius 1 is 0.226 bits per heavy atom. The van der Waals surface area contributed by atoms with Gasteiger partial charge in [0.05, 0.1) is 26.4 Å². The molecule has 0 aromatic rings. The number of rotatable bonds is 88. The molecule has 5 atom stereocenters.